The van der Waals surface area contributed by atoms with Crippen LogP contribution in [-0.4, -0.2) is 53.8 Å². The van der Waals surface area contributed by atoms with Gasteiger partial charge in [0.15, 0.2) is 0 Å². The number of rotatable bonds is 8. The number of halogens is 1. The van der Waals surface area contributed by atoms with Gasteiger partial charge in [-0.3, -0.25) is 4.68 Å². The molecule has 36 heavy (non-hydrogen) atoms. The number of benzene rings is 2. The largest absolute Gasteiger partial charge is 0.491 e. The summed E-state index contributed by atoms with van der Waals surface area (Å²) in [4.78, 5) is 0.198. The van der Waals surface area contributed by atoms with E-state index in [9.17, 15) is 12.8 Å². The summed E-state index contributed by atoms with van der Waals surface area (Å²) in [5.74, 6) is 0.259. The second-order valence-corrected chi connectivity index (χ2v) is 10.7. The zero-order valence-corrected chi connectivity index (χ0v) is 21.1. The minimum atomic E-state index is -3.81. The zero-order chi connectivity index (χ0) is 25.4. The topological polar surface area (TPSA) is 100 Å². The van der Waals surface area contributed by atoms with Gasteiger partial charge in [0.25, 0.3) is 0 Å². The molecule has 2 aromatic heterocycles. The van der Waals surface area contributed by atoms with Crippen molar-refractivity contribution in [2.75, 3.05) is 19.8 Å². The van der Waals surface area contributed by atoms with Gasteiger partial charge in [-0.1, -0.05) is 6.07 Å². The Morgan fingerprint density at radius 2 is 2.00 bits per heavy atom. The van der Waals surface area contributed by atoms with E-state index in [2.05, 4.69) is 14.9 Å². The smallest absolute Gasteiger partial charge is 0.244 e. The molecule has 190 valence electrons. The Morgan fingerprint density at radius 3 is 2.72 bits per heavy atom. The van der Waals surface area contributed by atoms with E-state index in [1.54, 1.807) is 48.5 Å². The second kappa shape index (κ2) is 9.64. The van der Waals surface area contributed by atoms with Crippen LogP contribution in [0.15, 0.2) is 53.6 Å². The molecule has 0 saturated carbocycles. The van der Waals surface area contributed by atoms with Crippen LogP contribution in [0.5, 0.6) is 5.75 Å². The van der Waals surface area contributed by atoms with Gasteiger partial charge in [0, 0.05) is 6.61 Å². The van der Waals surface area contributed by atoms with Crippen molar-refractivity contribution in [2.24, 2.45) is 0 Å². The fourth-order valence-electron chi connectivity index (χ4n) is 4.62. The van der Waals surface area contributed by atoms with Crippen LogP contribution in [0.3, 0.4) is 0 Å². The Labute approximate surface area is 208 Å². The molecule has 4 aromatic rings. The van der Waals surface area contributed by atoms with E-state index in [-0.39, 0.29) is 23.4 Å². The molecule has 2 aromatic carbocycles. The lowest BCUT2D eigenvalue weighted by atomic mass is 10.2. The third kappa shape index (κ3) is 4.61. The summed E-state index contributed by atoms with van der Waals surface area (Å²) in [7, 11) is -3.81. The Morgan fingerprint density at radius 1 is 1.22 bits per heavy atom. The highest BCUT2D eigenvalue weighted by Crippen LogP contribution is 2.28. The predicted molar refractivity (Wildman–Crippen MR) is 132 cm³/mol. The van der Waals surface area contributed by atoms with Gasteiger partial charge >= 0.3 is 0 Å². The summed E-state index contributed by atoms with van der Waals surface area (Å²) < 4.78 is 57.4. The number of nitrogens with zero attached hydrogens (tertiary/aromatic N) is 4. The number of ether oxygens (including phenoxy) is 2. The van der Waals surface area contributed by atoms with Crippen LogP contribution < -0.4 is 9.46 Å². The van der Waals surface area contributed by atoms with Gasteiger partial charge in [0.05, 0.1) is 52.9 Å². The quantitative estimate of drug-likeness (QED) is 0.386. The number of hydrogen-bond donors (Lipinski definition) is 1. The number of aromatic nitrogens is 4. The first-order valence-corrected chi connectivity index (χ1v) is 13.2. The molecule has 2 atom stereocenters. The maximum absolute atomic E-state index is 13.3. The minimum absolute atomic E-state index is 0.0460. The molecule has 11 heteroatoms. The average Bonchev–Trinajstić information content (AvgIpc) is 3.57. The van der Waals surface area contributed by atoms with E-state index in [0.717, 1.165) is 23.0 Å². The third-order valence-electron chi connectivity index (χ3n) is 6.27. The number of hydrogen-bond acceptors (Lipinski definition) is 6. The molecular formula is C25H28FN5O4S. The lowest BCUT2D eigenvalue weighted by molar-refractivity contribution is 0.184. The molecule has 9 nitrogen and oxygen atoms in total. The summed E-state index contributed by atoms with van der Waals surface area (Å²) in [5, 5.41) is 9.67. The van der Waals surface area contributed by atoms with Crippen LogP contribution in [0.4, 0.5) is 4.39 Å². The van der Waals surface area contributed by atoms with E-state index < -0.39 is 16.1 Å². The molecule has 1 aliphatic rings. The van der Waals surface area contributed by atoms with Gasteiger partial charge in [0.2, 0.25) is 10.0 Å². The maximum atomic E-state index is 13.3. The van der Waals surface area contributed by atoms with E-state index in [4.69, 9.17) is 9.47 Å². The molecule has 0 bridgehead atoms. The van der Waals surface area contributed by atoms with Crippen molar-refractivity contribution in [3.05, 3.63) is 65.9 Å². The van der Waals surface area contributed by atoms with E-state index >= 15 is 0 Å². The van der Waals surface area contributed by atoms with Gasteiger partial charge in [-0.05, 0) is 63.6 Å². The molecule has 5 rings (SSSR count). The van der Waals surface area contributed by atoms with Crippen molar-refractivity contribution in [1.29, 1.82) is 0 Å². The first-order chi connectivity index (χ1) is 17.2. The fourth-order valence-corrected chi connectivity index (χ4v) is 6.25. The van der Waals surface area contributed by atoms with Crippen molar-refractivity contribution in [3.63, 3.8) is 0 Å². The van der Waals surface area contributed by atoms with Crippen molar-refractivity contribution in [2.45, 2.75) is 44.2 Å². The first kappa shape index (κ1) is 24.4. The van der Waals surface area contributed by atoms with Crippen molar-refractivity contribution in [3.8, 4) is 11.4 Å². The van der Waals surface area contributed by atoms with E-state index in [0.29, 0.717) is 30.4 Å². The third-order valence-corrected chi connectivity index (χ3v) is 8.11. The standard InChI is InChI=1S/C25H28FN5O4S/c1-16(29-36(32,33)25-17(2)28-30(18(25)3)21-11-12-34-15-21)14-35-24-6-4-5-23-22(24)13-27-31(23)20-9-7-19(26)8-10-20/h4-10,13,16,21,29H,11-12,14-15H2,1-3H3/t16-,21-/m0/s1. The summed E-state index contributed by atoms with van der Waals surface area (Å²) in [6.07, 6.45) is 2.49. The number of fused-ring (bicyclic) bond motifs is 1. The highest BCUT2D eigenvalue weighted by molar-refractivity contribution is 7.89. The predicted octanol–water partition coefficient (Wildman–Crippen LogP) is 3.69. The Hall–Kier alpha value is -3.28. The number of sulfonamides is 1. The fraction of sp³-hybridized carbons (Fsp3) is 0.360. The first-order valence-electron chi connectivity index (χ1n) is 11.8. The highest BCUT2D eigenvalue weighted by atomic mass is 32.2. The van der Waals surface area contributed by atoms with Crippen LogP contribution in [0, 0.1) is 19.7 Å². The second-order valence-electron chi connectivity index (χ2n) is 9.02. The van der Waals surface area contributed by atoms with Gasteiger partial charge < -0.3 is 9.47 Å². The molecule has 3 heterocycles. The zero-order valence-electron chi connectivity index (χ0n) is 20.3. The van der Waals surface area contributed by atoms with Crippen LogP contribution in [0.2, 0.25) is 0 Å². The normalized spacial score (nSPS) is 17.1. The van der Waals surface area contributed by atoms with E-state index in [1.807, 2.05) is 18.2 Å². The SMILES string of the molecule is Cc1nn([C@H]2CCOC2)c(C)c1S(=O)(=O)N[C@@H](C)COc1cccc2c1cnn2-c1ccc(F)cc1. The summed E-state index contributed by atoms with van der Waals surface area (Å²) in [6.45, 7) is 6.51. The average molecular weight is 514 g/mol. The van der Waals surface area contributed by atoms with Gasteiger partial charge in [-0.25, -0.2) is 22.2 Å². The van der Waals surface area contributed by atoms with Crippen molar-refractivity contribution < 1.29 is 22.3 Å². The van der Waals surface area contributed by atoms with Crippen LogP contribution in [0.1, 0.15) is 30.8 Å². The van der Waals surface area contributed by atoms with Crippen LogP contribution in [-0.2, 0) is 14.8 Å². The lowest BCUT2D eigenvalue weighted by Crippen LogP contribution is -2.37. The van der Waals surface area contributed by atoms with Gasteiger partial charge in [0.1, 0.15) is 23.1 Å². The molecule has 0 radical (unpaired) electrons. The molecule has 1 N–H and O–H groups in total. The monoisotopic (exact) mass is 513 g/mol. The molecule has 1 aliphatic heterocycles. The van der Waals surface area contributed by atoms with Gasteiger partial charge in [-0.15, -0.1) is 0 Å². The Kier molecular flexibility index (Phi) is 6.54. The lowest BCUT2D eigenvalue weighted by Gasteiger charge is -2.16. The molecule has 1 saturated heterocycles. The molecular weight excluding hydrogens is 485 g/mol. The summed E-state index contributed by atoms with van der Waals surface area (Å²) in [5.41, 5.74) is 2.57. The van der Waals surface area contributed by atoms with Crippen molar-refractivity contribution in [1.82, 2.24) is 24.3 Å². The molecule has 0 unspecified atom stereocenters. The van der Waals surface area contributed by atoms with Gasteiger partial charge in [-0.2, -0.15) is 10.2 Å². The Bertz CT molecular complexity index is 1490. The Balaban J connectivity index is 1.31. The van der Waals surface area contributed by atoms with Crippen molar-refractivity contribution >= 4 is 20.9 Å². The summed E-state index contributed by atoms with van der Waals surface area (Å²) >= 11 is 0. The minimum Gasteiger partial charge on any atom is -0.491 e. The molecule has 0 aliphatic carbocycles. The molecule has 0 amide bonds. The summed E-state index contributed by atoms with van der Waals surface area (Å²) in [6, 6.07) is 11.1. The number of aryl methyl sites for hydroxylation is 1. The highest BCUT2D eigenvalue weighted by Gasteiger charge is 2.30. The van der Waals surface area contributed by atoms with Crippen LogP contribution in [0.25, 0.3) is 16.6 Å². The number of nitrogens with one attached hydrogen (secondary N) is 1. The van der Waals surface area contributed by atoms with Crippen LogP contribution >= 0.6 is 0 Å². The molecule has 1 fully saturated rings. The maximum Gasteiger partial charge on any atom is 0.244 e. The molecule has 0 spiro atoms. The van der Waals surface area contributed by atoms with E-state index in [1.165, 1.54) is 12.1 Å².